The Morgan fingerprint density at radius 1 is 1.08 bits per heavy atom. The third-order valence-corrected chi connectivity index (χ3v) is 3.68. The molecule has 0 aliphatic rings. The molecule has 0 radical (unpaired) electrons. The lowest BCUT2D eigenvalue weighted by Crippen LogP contribution is -2.21. The molecule has 140 valence electrons. The van der Waals surface area contributed by atoms with E-state index in [0.29, 0.717) is 12.3 Å². The van der Waals surface area contributed by atoms with E-state index in [1.807, 2.05) is 0 Å². The van der Waals surface area contributed by atoms with Crippen LogP contribution in [0.4, 0.5) is 26.3 Å². The van der Waals surface area contributed by atoms with Crippen LogP contribution in [-0.2, 0) is 25.2 Å². The van der Waals surface area contributed by atoms with Crippen LogP contribution >= 0.6 is 11.6 Å². The van der Waals surface area contributed by atoms with Gasteiger partial charge in [-0.1, -0.05) is 11.6 Å². The van der Waals surface area contributed by atoms with Crippen LogP contribution < -0.4 is 5.73 Å². The number of rotatable bonds is 4. The van der Waals surface area contributed by atoms with Crippen LogP contribution in [-0.4, -0.2) is 15.9 Å². The number of aromatic nitrogens is 2. The summed E-state index contributed by atoms with van der Waals surface area (Å²) in [5, 5.41) is -0.260. The van der Waals surface area contributed by atoms with E-state index >= 15 is 0 Å². The smallest absolute Gasteiger partial charge is 0.366 e. The number of pyridine rings is 2. The summed E-state index contributed by atoms with van der Waals surface area (Å²) in [6.45, 7) is 0. The SMILES string of the molecule is NC(=O)c1ccc(CCc2ncc(C(F)(F)F)cc2Cl)nc1C(F)(F)F. The van der Waals surface area contributed by atoms with E-state index in [-0.39, 0.29) is 29.3 Å². The van der Waals surface area contributed by atoms with Gasteiger partial charge in [-0.15, -0.1) is 0 Å². The van der Waals surface area contributed by atoms with Crippen LogP contribution in [0.15, 0.2) is 24.4 Å². The van der Waals surface area contributed by atoms with Gasteiger partial charge in [-0.05, 0) is 31.0 Å². The van der Waals surface area contributed by atoms with Crippen LogP contribution in [0.2, 0.25) is 5.02 Å². The summed E-state index contributed by atoms with van der Waals surface area (Å²) >= 11 is 5.75. The first-order valence-electron chi connectivity index (χ1n) is 6.98. The predicted octanol–water partition coefficient (Wildman–Crippen LogP) is 4.05. The van der Waals surface area contributed by atoms with Crippen molar-refractivity contribution in [2.75, 3.05) is 0 Å². The van der Waals surface area contributed by atoms with Crippen LogP contribution in [0, 0.1) is 0 Å². The van der Waals surface area contributed by atoms with Gasteiger partial charge < -0.3 is 5.73 Å². The van der Waals surface area contributed by atoms with E-state index in [2.05, 4.69) is 9.97 Å². The van der Waals surface area contributed by atoms with Gasteiger partial charge in [0.2, 0.25) is 0 Å². The lowest BCUT2D eigenvalue weighted by molar-refractivity contribution is -0.141. The van der Waals surface area contributed by atoms with E-state index in [0.717, 1.165) is 6.07 Å². The van der Waals surface area contributed by atoms with E-state index in [4.69, 9.17) is 17.3 Å². The average Bonchev–Trinajstić information content (AvgIpc) is 2.51. The number of carbonyl (C=O) groups is 1. The molecular formula is C15H10ClF6N3O. The largest absolute Gasteiger partial charge is 0.434 e. The van der Waals surface area contributed by atoms with Crippen LogP contribution in [0.1, 0.15) is 33.0 Å². The molecule has 0 aliphatic heterocycles. The van der Waals surface area contributed by atoms with E-state index in [1.54, 1.807) is 0 Å². The highest BCUT2D eigenvalue weighted by Crippen LogP contribution is 2.32. The van der Waals surface area contributed by atoms with E-state index in [1.165, 1.54) is 6.07 Å². The highest BCUT2D eigenvalue weighted by Gasteiger charge is 2.37. The van der Waals surface area contributed by atoms with Crippen molar-refractivity contribution >= 4 is 17.5 Å². The van der Waals surface area contributed by atoms with E-state index < -0.39 is 35.1 Å². The Bertz CT molecular complexity index is 835. The number of amides is 1. The van der Waals surface area contributed by atoms with Gasteiger partial charge in [0.1, 0.15) is 0 Å². The molecule has 2 N–H and O–H groups in total. The molecule has 0 saturated carbocycles. The molecule has 0 aromatic carbocycles. The van der Waals surface area contributed by atoms with Gasteiger partial charge in [0.15, 0.2) is 5.69 Å². The fourth-order valence-electron chi connectivity index (χ4n) is 2.11. The summed E-state index contributed by atoms with van der Waals surface area (Å²) in [5.41, 5.74) is 1.71. The van der Waals surface area contributed by atoms with Gasteiger partial charge in [-0.25, -0.2) is 4.98 Å². The van der Waals surface area contributed by atoms with Gasteiger partial charge in [0.05, 0.1) is 21.8 Å². The average molecular weight is 398 g/mol. The van der Waals surface area contributed by atoms with Crippen LogP contribution in [0.3, 0.4) is 0 Å². The van der Waals surface area contributed by atoms with Gasteiger partial charge in [0, 0.05) is 11.9 Å². The Hall–Kier alpha value is -2.36. The standard InChI is InChI=1S/C15H10ClF6N3O/c16-10-5-7(14(17,18)19)6-24-11(10)4-2-8-1-3-9(13(23)26)12(25-8)15(20,21)22/h1,3,5-6H,2,4H2,(H2,23,26). The predicted molar refractivity (Wildman–Crippen MR) is 79.4 cm³/mol. The zero-order chi connectivity index (χ0) is 19.7. The monoisotopic (exact) mass is 397 g/mol. The summed E-state index contributed by atoms with van der Waals surface area (Å²) in [6, 6.07) is 2.76. The zero-order valence-corrected chi connectivity index (χ0v) is 13.5. The molecule has 0 saturated heterocycles. The van der Waals surface area contributed by atoms with Crippen LogP contribution in [0.5, 0.6) is 0 Å². The van der Waals surface area contributed by atoms with Gasteiger partial charge >= 0.3 is 12.4 Å². The quantitative estimate of drug-likeness (QED) is 0.791. The van der Waals surface area contributed by atoms with Crippen molar-refractivity contribution in [3.63, 3.8) is 0 Å². The van der Waals surface area contributed by atoms with E-state index in [9.17, 15) is 31.1 Å². The second kappa shape index (κ2) is 7.10. The number of halogens is 7. The summed E-state index contributed by atoms with van der Waals surface area (Å²) in [7, 11) is 0. The van der Waals surface area contributed by atoms with Crippen molar-refractivity contribution in [1.29, 1.82) is 0 Å². The topological polar surface area (TPSA) is 68.9 Å². The Morgan fingerprint density at radius 2 is 1.73 bits per heavy atom. The molecule has 0 unspecified atom stereocenters. The number of aryl methyl sites for hydroxylation is 2. The molecule has 2 rings (SSSR count). The Morgan fingerprint density at radius 3 is 2.23 bits per heavy atom. The lowest BCUT2D eigenvalue weighted by Gasteiger charge is -2.12. The molecule has 4 nitrogen and oxygen atoms in total. The van der Waals surface area contributed by atoms with Crippen molar-refractivity contribution in [1.82, 2.24) is 9.97 Å². The third-order valence-electron chi connectivity index (χ3n) is 3.35. The normalized spacial score (nSPS) is 12.3. The van der Waals surface area contributed by atoms with Crippen LogP contribution in [0.25, 0.3) is 0 Å². The fourth-order valence-corrected chi connectivity index (χ4v) is 2.37. The number of nitrogens with zero attached hydrogens (tertiary/aromatic N) is 2. The van der Waals surface area contributed by atoms with Gasteiger partial charge in [0.25, 0.3) is 5.91 Å². The molecule has 0 fully saturated rings. The first-order chi connectivity index (χ1) is 11.9. The maximum atomic E-state index is 13.0. The molecule has 0 atom stereocenters. The third kappa shape index (κ3) is 4.63. The maximum Gasteiger partial charge on any atom is 0.434 e. The van der Waals surface area contributed by atoms with Gasteiger partial charge in [-0.3, -0.25) is 9.78 Å². The molecule has 1 amide bonds. The Labute approximate surface area is 148 Å². The number of nitrogens with two attached hydrogens (primary N) is 1. The molecule has 0 bridgehead atoms. The highest BCUT2D eigenvalue weighted by molar-refractivity contribution is 6.31. The number of primary amides is 1. The molecular weight excluding hydrogens is 388 g/mol. The molecule has 2 aromatic rings. The minimum Gasteiger partial charge on any atom is -0.366 e. The first kappa shape index (κ1) is 20.0. The Balaban J connectivity index is 2.24. The van der Waals surface area contributed by atoms with Crippen molar-refractivity contribution in [2.45, 2.75) is 25.2 Å². The molecule has 2 aromatic heterocycles. The number of hydrogen-bond acceptors (Lipinski definition) is 3. The Kier molecular flexibility index (Phi) is 5.45. The lowest BCUT2D eigenvalue weighted by atomic mass is 10.1. The van der Waals surface area contributed by atoms with Crippen molar-refractivity contribution in [3.8, 4) is 0 Å². The number of carbonyl (C=O) groups excluding carboxylic acids is 1. The zero-order valence-electron chi connectivity index (χ0n) is 12.7. The second-order valence-electron chi connectivity index (χ2n) is 5.21. The maximum absolute atomic E-state index is 13.0. The number of hydrogen-bond donors (Lipinski definition) is 1. The van der Waals surface area contributed by atoms with Crippen molar-refractivity contribution < 1.29 is 31.1 Å². The molecule has 26 heavy (non-hydrogen) atoms. The second-order valence-corrected chi connectivity index (χ2v) is 5.62. The summed E-state index contributed by atoms with van der Waals surface area (Å²) in [6.07, 6.45) is -9.03. The summed E-state index contributed by atoms with van der Waals surface area (Å²) < 4.78 is 76.6. The fraction of sp³-hybridized carbons (Fsp3) is 0.267. The minimum absolute atomic E-state index is 0.0416. The molecule has 11 heteroatoms. The molecule has 0 aliphatic carbocycles. The minimum atomic E-state index is -4.88. The van der Waals surface area contributed by atoms with Crippen molar-refractivity contribution in [2.24, 2.45) is 5.73 Å². The van der Waals surface area contributed by atoms with Crippen molar-refractivity contribution in [3.05, 3.63) is 57.6 Å². The molecule has 0 spiro atoms. The highest BCUT2D eigenvalue weighted by atomic mass is 35.5. The molecule has 2 heterocycles. The first-order valence-corrected chi connectivity index (χ1v) is 7.36. The summed E-state index contributed by atoms with van der Waals surface area (Å²) in [4.78, 5) is 18.1. The number of alkyl halides is 6. The van der Waals surface area contributed by atoms with Gasteiger partial charge in [-0.2, -0.15) is 26.3 Å². The summed E-state index contributed by atoms with van der Waals surface area (Å²) in [5.74, 6) is -1.27.